The molecule has 0 amide bonds. The number of imidazole rings is 1. The van der Waals surface area contributed by atoms with E-state index in [4.69, 9.17) is 16.9 Å². The van der Waals surface area contributed by atoms with Gasteiger partial charge in [0.2, 0.25) is 0 Å². The number of aromatic amines is 1. The first kappa shape index (κ1) is 22.3. The van der Waals surface area contributed by atoms with E-state index in [0.29, 0.717) is 28.2 Å². The third-order valence-electron chi connectivity index (χ3n) is 6.98. The fraction of sp³-hybridized carbons (Fsp3) is 0.370. The molecule has 1 heterocycles. The van der Waals surface area contributed by atoms with Crippen molar-refractivity contribution in [2.24, 2.45) is 11.8 Å². The minimum Gasteiger partial charge on any atom is -0.333 e. The number of hydrogen-bond acceptors (Lipinski definition) is 3. The Morgan fingerprint density at radius 3 is 2.50 bits per heavy atom. The second kappa shape index (κ2) is 8.92. The van der Waals surface area contributed by atoms with Gasteiger partial charge in [-0.15, -0.1) is 0 Å². The lowest BCUT2D eigenvalue weighted by Gasteiger charge is -2.20. The van der Waals surface area contributed by atoms with Crippen LogP contribution in [0.4, 0.5) is 0 Å². The van der Waals surface area contributed by atoms with Gasteiger partial charge in [-0.2, -0.15) is 5.26 Å². The number of aryl methyl sites for hydroxylation is 3. The highest BCUT2D eigenvalue weighted by atomic mass is 35.5. The SMILES string of the molecule is Cc1nc(-c2cc(C(=O)C(C)C3CCC(c4ccc(C#N)cc4)C3)c(C)cc2C)c(Cl)[nH]1. The third kappa shape index (κ3) is 4.23. The summed E-state index contributed by atoms with van der Waals surface area (Å²) in [6.45, 7) is 7.97. The van der Waals surface area contributed by atoms with Crippen LogP contribution in [0.1, 0.15) is 70.5 Å². The summed E-state index contributed by atoms with van der Waals surface area (Å²) in [6, 6.07) is 14.1. The van der Waals surface area contributed by atoms with E-state index in [2.05, 4.69) is 41.2 Å². The number of aromatic nitrogens is 2. The van der Waals surface area contributed by atoms with E-state index < -0.39 is 0 Å². The van der Waals surface area contributed by atoms with E-state index in [1.807, 2.05) is 39.0 Å². The molecule has 1 saturated carbocycles. The minimum absolute atomic E-state index is 0.0518. The van der Waals surface area contributed by atoms with Gasteiger partial charge in [0.05, 0.1) is 11.6 Å². The van der Waals surface area contributed by atoms with Crippen LogP contribution in [0.25, 0.3) is 11.3 Å². The Kier molecular flexibility index (Phi) is 6.22. The van der Waals surface area contributed by atoms with Crippen molar-refractivity contribution in [1.82, 2.24) is 9.97 Å². The number of carbonyl (C=O) groups is 1. The number of H-pyrrole nitrogens is 1. The molecule has 4 nitrogen and oxygen atoms in total. The van der Waals surface area contributed by atoms with Crippen molar-refractivity contribution in [3.05, 3.63) is 75.2 Å². The number of Topliss-reactive ketones (excluding diaryl/α,β-unsaturated/α-hetero) is 1. The van der Waals surface area contributed by atoms with Gasteiger partial charge in [0.25, 0.3) is 0 Å². The molecule has 1 fully saturated rings. The van der Waals surface area contributed by atoms with E-state index in [1.165, 1.54) is 5.56 Å². The summed E-state index contributed by atoms with van der Waals surface area (Å²) in [4.78, 5) is 21.1. The van der Waals surface area contributed by atoms with Gasteiger partial charge in [-0.3, -0.25) is 4.79 Å². The van der Waals surface area contributed by atoms with Gasteiger partial charge in [0.1, 0.15) is 16.7 Å². The Balaban J connectivity index is 1.56. The maximum absolute atomic E-state index is 13.6. The molecule has 0 radical (unpaired) electrons. The maximum atomic E-state index is 13.6. The zero-order chi connectivity index (χ0) is 23.0. The molecule has 4 rings (SSSR count). The van der Waals surface area contributed by atoms with Crippen molar-refractivity contribution in [2.75, 3.05) is 0 Å². The Labute approximate surface area is 194 Å². The molecule has 3 unspecified atom stereocenters. The highest BCUT2D eigenvalue weighted by Crippen LogP contribution is 2.43. The predicted octanol–water partition coefficient (Wildman–Crippen LogP) is 6.93. The molecule has 5 heteroatoms. The van der Waals surface area contributed by atoms with Crippen molar-refractivity contribution in [3.8, 4) is 17.3 Å². The second-order valence-corrected chi connectivity index (χ2v) is 9.50. The molecule has 1 aromatic heterocycles. The number of nitriles is 1. The van der Waals surface area contributed by atoms with Crippen LogP contribution in [0.15, 0.2) is 36.4 Å². The number of rotatable bonds is 5. The Bertz CT molecular complexity index is 1200. The molecule has 0 aliphatic heterocycles. The highest BCUT2D eigenvalue weighted by Gasteiger charge is 2.33. The Hall–Kier alpha value is -2.90. The normalized spacial score (nSPS) is 19.0. The standard InChI is InChI=1S/C27H28ClN3O/c1-15-11-16(2)24(13-23(15)25-27(28)31-18(4)30-25)26(32)17(3)21-9-10-22(12-21)20-7-5-19(14-29)6-8-20/h5-8,11,13,17,21-22H,9-10,12H2,1-4H3,(H,30,31). The predicted molar refractivity (Wildman–Crippen MR) is 128 cm³/mol. The van der Waals surface area contributed by atoms with Gasteiger partial charge in [-0.1, -0.05) is 36.7 Å². The number of ketones is 1. The van der Waals surface area contributed by atoms with Crippen LogP contribution in [0.5, 0.6) is 0 Å². The summed E-state index contributed by atoms with van der Waals surface area (Å²) in [7, 11) is 0. The lowest BCUT2D eigenvalue weighted by Crippen LogP contribution is -2.20. The minimum atomic E-state index is -0.0518. The van der Waals surface area contributed by atoms with Gasteiger partial charge < -0.3 is 4.98 Å². The highest BCUT2D eigenvalue weighted by molar-refractivity contribution is 6.32. The van der Waals surface area contributed by atoms with E-state index in [9.17, 15) is 4.79 Å². The zero-order valence-electron chi connectivity index (χ0n) is 19.0. The molecule has 1 aliphatic carbocycles. The number of nitrogens with one attached hydrogen (secondary N) is 1. The maximum Gasteiger partial charge on any atom is 0.166 e. The van der Waals surface area contributed by atoms with Crippen LogP contribution in [-0.4, -0.2) is 15.8 Å². The molecular formula is C27H28ClN3O. The van der Waals surface area contributed by atoms with E-state index >= 15 is 0 Å². The number of nitrogens with zero attached hydrogens (tertiary/aromatic N) is 2. The van der Waals surface area contributed by atoms with Crippen LogP contribution in [-0.2, 0) is 0 Å². The molecular weight excluding hydrogens is 418 g/mol. The van der Waals surface area contributed by atoms with Crippen molar-refractivity contribution in [2.45, 2.75) is 52.9 Å². The van der Waals surface area contributed by atoms with Crippen LogP contribution in [0.3, 0.4) is 0 Å². The molecule has 3 aromatic rings. The number of carbonyl (C=O) groups excluding carboxylic acids is 1. The average molecular weight is 446 g/mol. The summed E-state index contributed by atoms with van der Waals surface area (Å²) >= 11 is 6.36. The van der Waals surface area contributed by atoms with Gasteiger partial charge in [0, 0.05) is 17.0 Å². The Morgan fingerprint density at radius 2 is 1.88 bits per heavy atom. The van der Waals surface area contributed by atoms with Gasteiger partial charge in [-0.05, 0) is 86.8 Å². The Morgan fingerprint density at radius 1 is 1.16 bits per heavy atom. The molecule has 1 aliphatic rings. The monoisotopic (exact) mass is 445 g/mol. The van der Waals surface area contributed by atoms with Crippen molar-refractivity contribution in [3.63, 3.8) is 0 Å². The van der Waals surface area contributed by atoms with Crippen molar-refractivity contribution >= 4 is 17.4 Å². The van der Waals surface area contributed by atoms with Crippen LogP contribution < -0.4 is 0 Å². The van der Waals surface area contributed by atoms with E-state index in [0.717, 1.165) is 47.3 Å². The number of hydrogen-bond donors (Lipinski definition) is 1. The third-order valence-corrected chi connectivity index (χ3v) is 7.25. The first-order chi connectivity index (χ1) is 15.3. The van der Waals surface area contributed by atoms with Gasteiger partial charge in [-0.25, -0.2) is 4.98 Å². The first-order valence-electron chi connectivity index (χ1n) is 11.2. The van der Waals surface area contributed by atoms with Crippen LogP contribution in [0.2, 0.25) is 5.15 Å². The number of halogens is 1. The molecule has 0 bridgehead atoms. The molecule has 0 saturated heterocycles. The van der Waals surface area contributed by atoms with Crippen molar-refractivity contribution in [1.29, 1.82) is 5.26 Å². The largest absolute Gasteiger partial charge is 0.333 e. The van der Waals surface area contributed by atoms with Crippen molar-refractivity contribution < 1.29 is 4.79 Å². The lowest BCUT2D eigenvalue weighted by molar-refractivity contribution is 0.0887. The summed E-state index contributed by atoms with van der Waals surface area (Å²) in [5.74, 6) is 1.69. The fourth-order valence-corrected chi connectivity index (χ4v) is 5.36. The molecule has 2 aromatic carbocycles. The quantitative estimate of drug-likeness (QED) is 0.433. The summed E-state index contributed by atoms with van der Waals surface area (Å²) in [5, 5.41) is 9.53. The van der Waals surface area contributed by atoms with E-state index in [1.54, 1.807) is 0 Å². The second-order valence-electron chi connectivity index (χ2n) is 9.12. The van der Waals surface area contributed by atoms with Crippen LogP contribution >= 0.6 is 11.6 Å². The van der Waals surface area contributed by atoms with Gasteiger partial charge >= 0.3 is 0 Å². The fourth-order valence-electron chi connectivity index (χ4n) is 5.08. The zero-order valence-corrected chi connectivity index (χ0v) is 19.8. The summed E-state index contributed by atoms with van der Waals surface area (Å²) < 4.78 is 0. The smallest absolute Gasteiger partial charge is 0.166 e. The molecule has 0 spiro atoms. The first-order valence-corrected chi connectivity index (χ1v) is 11.5. The van der Waals surface area contributed by atoms with Gasteiger partial charge in [0.15, 0.2) is 5.78 Å². The van der Waals surface area contributed by atoms with Crippen LogP contribution in [0, 0.1) is 43.9 Å². The molecule has 1 N–H and O–H groups in total. The molecule has 3 atom stereocenters. The number of benzene rings is 2. The molecule has 164 valence electrons. The van der Waals surface area contributed by atoms with E-state index in [-0.39, 0.29) is 11.7 Å². The lowest BCUT2D eigenvalue weighted by atomic mass is 9.83. The average Bonchev–Trinajstić information content (AvgIpc) is 3.39. The molecule has 32 heavy (non-hydrogen) atoms. The summed E-state index contributed by atoms with van der Waals surface area (Å²) in [5.41, 5.74) is 6.37. The summed E-state index contributed by atoms with van der Waals surface area (Å²) in [6.07, 6.45) is 3.12. The topological polar surface area (TPSA) is 69.5 Å².